The first-order valence-corrected chi connectivity index (χ1v) is 16.6. The SMILES string of the molecule is COCCn1c(N2CCCN(CCC3(c4ccccc4)CCN(C(=O)c4cc(-n5cnnn5)ccc4C)C3)CC2)nc2ccccc21. The number of carbonyl (C=O) groups is 1. The lowest BCUT2D eigenvalue weighted by Gasteiger charge is -2.33. The molecule has 7 rings (SSSR count). The van der Waals surface area contributed by atoms with Gasteiger partial charge in [-0.05, 0) is 85.1 Å². The van der Waals surface area contributed by atoms with Crippen LogP contribution < -0.4 is 4.90 Å². The van der Waals surface area contributed by atoms with E-state index in [2.05, 4.69) is 84.5 Å². The van der Waals surface area contributed by atoms with Crippen molar-refractivity contribution in [3.05, 3.63) is 95.8 Å². The number of aromatic nitrogens is 6. The Morgan fingerprint density at radius 3 is 2.62 bits per heavy atom. The van der Waals surface area contributed by atoms with Crippen LogP contribution in [0, 0.1) is 6.92 Å². The maximum Gasteiger partial charge on any atom is 0.254 e. The van der Waals surface area contributed by atoms with E-state index >= 15 is 0 Å². The molecule has 0 radical (unpaired) electrons. The van der Waals surface area contributed by atoms with Crippen LogP contribution in [0.25, 0.3) is 16.7 Å². The molecule has 2 saturated heterocycles. The molecule has 1 unspecified atom stereocenters. The number of tetrazole rings is 1. The van der Waals surface area contributed by atoms with E-state index in [0.717, 1.165) is 93.3 Å². The second-order valence-electron chi connectivity index (χ2n) is 12.9. The normalized spacial score (nSPS) is 19.0. The number of likely N-dealkylation sites (tertiary alicyclic amines) is 1. The minimum atomic E-state index is -0.0988. The van der Waals surface area contributed by atoms with Gasteiger partial charge >= 0.3 is 0 Å². The average molecular weight is 634 g/mol. The van der Waals surface area contributed by atoms with Gasteiger partial charge in [-0.25, -0.2) is 9.67 Å². The van der Waals surface area contributed by atoms with Gasteiger partial charge in [-0.3, -0.25) is 4.79 Å². The summed E-state index contributed by atoms with van der Waals surface area (Å²) in [6.45, 7) is 9.77. The smallest absolute Gasteiger partial charge is 0.254 e. The highest BCUT2D eigenvalue weighted by Gasteiger charge is 2.42. The summed E-state index contributed by atoms with van der Waals surface area (Å²) in [5.41, 5.74) is 5.84. The number of methoxy groups -OCH3 is 1. The Kier molecular flexibility index (Phi) is 8.99. The minimum absolute atomic E-state index is 0.0667. The van der Waals surface area contributed by atoms with E-state index in [0.29, 0.717) is 18.7 Å². The molecule has 244 valence electrons. The first-order valence-electron chi connectivity index (χ1n) is 16.6. The number of aryl methyl sites for hydroxylation is 1. The number of fused-ring (bicyclic) bond motifs is 1. The van der Waals surface area contributed by atoms with Gasteiger partial charge in [-0.2, -0.15) is 0 Å². The van der Waals surface area contributed by atoms with Gasteiger partial charge in [-0.1, -0.05) is 48.5 Å². The molecular weight excluding hydrogens is 590 g/mol. The summed E-state index contributed by atoms with van der Waals surface area (Å²) in [5, 5.41) is 11.5. The number of hydrogen-bond acceptors (Lipinski definition) is 8. The summed E-state index contributed by atoms with van der Waals surface area (Å²) in [6.07, 6.45) is 4.57. The van der Waals surface area contributed by atoms with Crippen LogP contribution in [0.4, 0.5) is 5.95 Å². The van der Waals surface area contributed by atoms with Crippen LogP contribution in [0.5, 0.6) is 0 Å². The quantitative estimate of drug-likeness (QED) is 0.224. The molecule has 11 nitrogen and oxygen atoms in total. The maximum absolute atomic E-state index is 14.0. The summed E-state index contributed by atoms with van der Waals surface area (Å²) >= 11 is 0. The molecule has 0 bridgehead atoms. The fourth-order valence-electron chi connectivity index (χ4n) is 7.33. The van der Waals surface area contributed by atoms with Crippen molar-refractivity contribution in [2.24, 2.45) is 0 Å². The van der Waals surface area contributed by atoms with Crippen LogP contribution in [0.15, 0.2) is 79.1 Å². The molecule has 2 aromatic heterocycles. The molecule has 0 aliphatic carbocycles. The molecule has 1 atom stereocenters. The summed E-state index contributed by atoms with van der Waals surface area (Å²) in [7, 11) is 1.75. The summed E-state index contributed by atoms with van der Waals surface area (Å²) in [6, 6.07) is 25.0. The Bertz CT molecular complexity index is 1810. The molecule has 0 saturated carbocycles. The van der Waals surface area contributed by atoms with Gasteiger partial charge in [0, 0.05) is 57.4 Å². The molecule has 11 heteroatoms. The number of hydrogen-bond donors (Lipinski definition) is 0. The number of carbonyl (C=O) groups excluding carboxylic acids is 1. The number of para-hydroxylation sites is 2. The Morgan fingerprint density at radius 1 is 0.936 bits per heavy atom. The maximum atomic E-state index is 14.0. The highest BCUT2D eigenvalue weighted by atomic mass is 16.5. The number of anilines is 1. The Hall–Kier alpha value is -4.61. The molecule has 2 fully saturated rings. The highest BCUT2D eigenvalue weighted by molar-refractivity contribution is 5.96. The van der Waals surface area contributed by atoms with Gasteiger partial charge in [0.2, 0.25) is 5.95 Å². The van der Waals surface area contributed by atoms with E-state index in [-0.39, 0.29) is 11.3 Å². The Morgan fingerprint density at radius 2 is 1.79 bits per heavy atom. The van der Waals surface area contributed by atoms with Crippen LogP contribution in [-0.2, 0) is 16.7 Å². The van der Waals surface area contributed by atoms with Crippen molar-refractivity contribution in [2.45, 2.75) is 38.1 Å². The van der Waals surface area contributed by atoms with Crippen molar-refractivity contribution >= 4 is 22.9 Å². The molecule has 47 heavy (non-hydrogen) atoms. The van der Waals surface area contributed by atoms with Gasteiger partial charge in [0.1, 0.15) is 6.33 Å². The van der Waals surface area contributed by atoms with Crippen LogP contribution in [0.1, 0.15) is 40.7 Å². The van der Waals surface area contributed by atoms with E-state index in [9.17, 15) is 4.79 Å². The van der Waals surface area contributed by atoms with Crippen LogP contribution in [0.3, 0.4) is 0 Å². The van der Waals surface area contributed by atoms with E-state index in [1.54, 1.807) is 18.1 Å². The lowest BCUT2D eigenvalue weighted by atomic mass is 9.76. The average Bonchev–Trinajstić information content (AvgIpc) is 3.84. The monoisotopic (exact) mass is 633 g/mol. The standard InChI is InChI=1S/C36H43N9O2/c1-28-13-14-30(45-27-37-39-40-45)25-31(28)34(46)43-20-16-36(26-43,29-9-4-3-5-10-29)15-19-41-17-8-18-42(22-21-41)35-38-32-11-6-7-12-33(32)44(35)23-24-47-2/h3-7,9-14,25,27H,8,15-24,26H2,1-2H3. The van der Waals surface area contributed by atoms with Crippen molar-refractivity contribution in [1.82, 2.24) is 39.6 Å². The second-order valence-corrected chi connectivity index (χ2v) is 12.9. The molecule has 0 N–H and O–H groups in total. The minimum Gasteiger partial charge on any atom is -0.383 e. The number of imidazole rings is 1. The predicted octanol–water partition coefficient (Wildman–Crippen LogP) is 4.35. The van der Waals surface area contributed by atoms with E-state index in [4.69, 9.17) is 9.72 Å². The topological polar surface area (TPSA) is 97.4 Å². The number of benzene rings is 3. The molecular formula is C36H43N9O2. The summed E-state index contributed by atoms with van der Waals surface area (Å²) < 4.78 is 9.34. The molecule has 0 spiro atoms. The molecule has 3 aromatic carbocycles. The molecule has 5 aromatic rings. The van der Waals surface area contributed by atoms with Crippen LogP contribution in [-0.4, -0.2) is 105 Å². The summed E-state index contributed by atoms with van der Waals surface area (Å²) in [5.74, 6) is 1.10. The number of ether oxygens (including phenoxy) is 1. The third kappa shape index (κ3) is 6.37. The third-order valence-corrected chi connectivity index (χ3v) is 10.0. The first-order chi connectivity index (χ1) is 23.0. The number of nitrogens with zero attached hydrogens (tertiary/aromatic N) is 9. The van der Waals surface area contributed by atoms with Gasteiger partial charge in [0.15, 0.2) is 0 Å². The molecule has 2 aliphatic rings. The van der Waals surface area contributed by atoms with Gasteiger partial charge < -0.3 is 24.0 Å². The van der Waals surface area contributed by atoms with Crippen molar-refractivity contribution in [1.29, 1.82) is 0 Å². The highest BCUT2D eigenvalue weighted by Crippen LogP contribution is 2.39. The third-order valence-electron chi connectivity index (χ3n) is 10.0. The summed E-state index contributed by atoms with van der Waals surface area (Å²) in [4.78, 5) is 26.2. The zero-order chi connectivity index (χ0) is 32.2. The van der Waals surface area contributed by atoms with Gasteiger partial charge in [0.05, 0.1) is 23.3 Å². The fourth-order valence-corrected chi connectivity index (χ4v) is 7.33. The number of amides is 1. The molecule has 1 amide bonds. The predicted molar refractivity (Wildman–Crippen MR) is 182 cm³/mol. The molecule has 4 heterocycles. The van der Waals surface area contributed by atoms with Crippen LogP contribution >= 0.6 is 0 Å². The zero-order valence-electron chi connectivity index (χ0n) is 27.3. The van der Waals surface area contributed by atoms with Crippen molar-refractivity contribution in [3.63, 3.8) is 0 Å². The first kappa shape index (κ1) is 31.0. The molecule has 2 aliphatic heterocycles. The van der Waals surface area contributed by atoms with E-state index < -0.39 is 0 Å². The zero-order valence-corrected chi connectivity index (χ0v) is 27.3. The number of rotatable bonds is 10. The largest absolute Gasteiger partial charge is 0.383 e. The Labute approximate surface area is 275 Å². The van der Waals surface area contributed by atoms with Crippen molar-refractivity contribution in [3.8, 4) is 5.69 Å². The van der Waals surface area contributed by atoms with E-state index in [1.165, 1.54) is 5.56 Å². The fraction of sp³-hybridized carbons (Fsp3) is 0.417. The second kappa shape index (κ2) is 13.6. The van der Waals surface area contributed by atoms with Gasteiger partial charge in [0.25, 0.3) is 5.91 Å². The lowest BCUT2D eigenvalue weighted by Crippen LogP contribution is -2.39. The van der Waals surface area contributed by atoms with Crippen molar-refractivity contribution in [2.75, 3.05) is 64.4 Å². The lowest BCUT2D eigenvalue weighted by molar-refractivity contribution is 0.0780. The van der Waals surface area contributed by atoms with E-state index in [1.807, 2.05) is 30.0 Å². The van der Waals surface area contributed by atoms with Crippen LogP contribution in [0.2, 0.25) is 0 Å². The Balaban J connectivity index is 1.06. The van der Waals surface area contributed by atoms with Crippen molar-refractivity contribution < 1.29 is 9.53 Å². The van der Waals surface area contributed by atoms with Gasteiger partial charge in [-0.15, -0.1) is 5.10 Å².